The van der Waals surface area contributed by atoms with E-state index in [9.17, 15) is 43.2 Å². The van der Waals surface area contributed by atoms with Crippen LogP contribution in [-0.2, 0) is 65.4 Å². The Labute approximate surface area is 581 Å². The third kappa shape index (κ3) is 69.0. The number of hydrogen-bond acceptors (Lipinski definition) is 15. The Bertz CT molecular complexity index is 1870. The van der Waals surface area contributed by atoms with Crippen LogP contribution >= 0.6 is 15.6 Å². The van der Waals surface area contributed by atoms with E-state index in [1.165, 1.54) is 180 Å². The summed E-state index contributed by atoms with van der Waals surface area (Å²) in [5, 5.41) is 10.6. The molecular formula is C76H148O17P2. The standard InChI is InChI=1S/C76H148O17P2/c1-9-69(8)55-47-39-34-35-41-49-57-74(79)87-63-72(93-76(81)59-51-43-33-27-21-24-30-38-46-54-68(6)7)65-91-95(84,85)89-61-70(77)60-88-94(82,83)90-64-71(62-86-73(78)56-48-40-31-25-19-16-12-14-18-23-29-37-45-53-67(4)5)92-75(80)58-50-42-32-26-20-15-11-10-13-17-22-28-36-44-52-66(2)3/h66-72,77H,9-65H2,1-8H3,(H,82,83)(H,84,85)/t69?,70-,71-,72-/m1/s1. The molecular weight excluding hydrogens is 1250 g/mol. The van der Waals surface area contributed by atoms with Gasteiger partial charge >= 0.3 is 39.5 Å². The van der Waals surface area contributed by atoms with E-state index in [-0.39, 0.29) is 25.7 Å². The van der Waals surface area contributed by atoms with Crippen molar-refractivity contribution in [3.05, 3.63) is 0 Å². The molecule has 0 rings (SSSR count). The van der Waals surface area contributed by atoms with E-state index < -0.39 is 97.5 Å². The fraction of sp³-hybridized carbons (Fsp3) is 0.947. The van der Waals surface area contributed by atoms with Gasteiger partial charge in [0.1, 0.15) is 19.3 Å². The highest BCUT2D eigenvalue weighted by Gasteiger charge is 2.30. The number of phosphoric ester groups is 2. The summed E-state index contributed by atoms with van der Waals surface area (Å²) < 4.78 is 68.5. The molecule has 0 saturated heterocycles. The number of carbonyl (C=O) groups is 4. The zero-order valence-electron chi connectivity index (χ0n) is 62.3. The van der Waals surface area contributed by atoms with E-state index in [4.69, 9.17) is 37.0 Å². The summed E-state index contributed by atoms with van der Waals surface area (Å²) in [5.41, 5.74) is 0. The second kappa shape index (κ2) is 65.4. The average molecular weight is 1400 g/mol. The third-order valence-electron chi connectivity index (χ3n) is 17.9. The third-order valence-corrected chi connectivity index (χ3v) is 19.8. The Morgan fingerprint density at radius 1 is 0.295 bits per heavy atom. The van der Waals surface area contributed by atoms with Crippen molar-refractivity contribution in [2.24, 2.45) is 23.7 Å². The number of esters is 4. The van der Waals surface area contributed by atoms with Crippen molar-refractivity contribution in [2.75, 3.05) is 39.6 Å². The Morgan fingerprint density at radius 3 is 0.747 bits per heavy atom. The van der Waals surface area contributed by atoms with Crippen molar-refractivity contribution in [1.82, 2.24) is 0 Å². The van der Waals surface area contributed by atoms with E-state index in [1.54, 1.807) is 0 Å². The Hall–Kier alpha value is -1.94. The summed E-state index contributed by atoms with van der Waals surface area (Å²) in [5.74, 6) is 0.932. The fourth-order valence-corrected chi connectivity index (χ4v) is 13.1. The number of hydrogen-bond donors (Lipinski definition) is 3. The highest BCUT2D eigenvalue weighted by Crippen LogP contribution is 2.45. The summed E-state index contributed by atoms with van der Waals surface area (Å²) in [4.78, 5) is 72.8. The molecule has 6 atom stereocenters. The van der Waals surface area contributed by atoms with E-state index in [1.807, 2.05) is 0 Å². The van der Waals surface area contributed by atoms with E-state index in [0.717, 1.165) is 120 Å². The number of rotatable bonds is 73. The minimum atomic E-state index is -4.96. The SMILES string of the molecule is CCC(C)CCCCCCCCC(=O)OC[C@H](COP(=O)(O)OC[C@H](O)COP(=O)(O)OC[C@@H](COC(=O)CCCCCCCCCCCCCCCC(C)C)OC(=O)CCCCCCCCCCCCCCCCC(C)C)OC(=O)CCCCCCCCCCCC(C)C. The molecule has 0 aromatic heterocycles. The van der Waals surface area contributed by atoms with E-state index in [2.05, 4.69) is 55.4 Å². The van der Waals surface area contributed by atoms with Gasteiger partial charge < -0.3 is 33.8 Å². The van der Waals surface area contributed by atoms with Gasteiger partial charge in [-0.1, -0.05) is 331 Å². The molecule has 0 radical (unpaired) electrons. The lowest BCUT2D eigenvalue weighted by atomic mass is 10.00. The van der Waals surface area contributed by atoms with Crippen molar-refractivity contribution < 1.29 is 80.2 Å². The van der Waals surface area contributed by atoms with Gasteiger partial charge in [0, 0.05) is 25.7 Å². The average Bonchev–Trinajstić information content (AvgIpc) is 1.55. The second-order valence-electron chi connectivity index (χ2n) is 29.1. The second-order valence-corrected chi connectivity index (χ2v) is 32.0. The summed E-state index contributed by atoms with van der Waals surface area (Å²) >= 11 is 0. The van der Waals surface area contributed by atoms with E-state index in [0.29, 0.717) is 25.7 Å². The highest BCUT2D eigenvalue weighted by atomic mass is 31.2. The summed E-state index contributed by atoms with van der Waals surface area (Å²) in [6.07, 6.45) is 50.0. The molecule has 0 amide bonds. The zero-order chi connectivity index (χ0) is 70.3. The lowest BCUT2D eigenvalue weighted by molar-refractivity contribution is -0.161. The Morgan fingerprint density at radius 2 is 0.505 bits per heavy atom. The van der Waals surface area contributed by atoms with Crippen LogP contribution < -0.4 is 0 Å². The summed E-state index contributed by atoms with van der Waals surface area (Å²) in [7, 11) is -9.91. The zero-order valence-corrected chi connectivity index (χ0v) is 64.1. The molecule has 564 valence electrons. The largest absolute Gasteiger partial charge is 0.472 e. The quantitative estimate of drug-likeness (QED) is 0.0222. The van der Waals surface area contributed by atoms with Crippen molar-refractivity contribution in [2.45, 2.75) is 401 Å². The van der Waals surface area contributed by atoms with Crippen molar-refractivity contribution in [3.8, 4) is 0 Å². The number of phosphoric acid groups is 2. The number of carbonyl (C=O) groups excluding carboxylic acids is 4. The predicted octanol–water partition coefficient (Wildman–Crippen LogP) is 22.0. The van der Waals surface area contributed by atoms with Gasteiger partial charge in [0.05, 0.1) is 26.4 Å². The van der Waals surface area contributed by atoms with Crippen LogP contribution in [0.15, 0.2) is 0 Å². The predicted molar refractivity (Wildman–Crippen MR) is 386 cm³/mol. The monoisotopic (exact) mass is 1400 g/mol. The normalized spacial score (nSPS) is 14.4. The summed E-state index contributed by atoms with van der Waals surface area (Å²) in [6.45, 7) is 14.2. The van der Waals surface area contributed by atoms with Gasteiger partial charge in [-0.25, -0.2) is 9.13 Å². The molecule has 0 aliphatic heterocycles. The number of ether oxygens (including phenoxy) is 4. The van der Waals surface area contributed by atoms with Crippen LogP contribution in [0.2, 0.25) is 0 Å². The van der Waals surface area contributed by atoms with Crippen molar-refractivity contribution in [1.29, 1.82) is 0 Å². The van der Waals surface area contributed by atoms with E-state index >= 15 is 0 Å². The molecule has 95 heavy (non-hydrogen) atoms. The van der Waals surface area contributed by atoms with Crippen LogP contribution in [0.1, 0.15) is 383 Å². The first-order valence-corrected chi connectivity index (χ1v) is 42.2. The molecule has 0 heterocycles. The van der Waals surface area contributed by atoms with Crippen molar-refractivity contribution >= 4 is 39.5 Å². The maximum absolute atomic E-state index is 13.1. The lowest BCUT2D eigenvalue weighted by Crippen LogP contribution is -2.30. The van der Waals surface area contributed by atoms with Crippen LogP contribution in [0.3, 0.4) is 0 Å². The van der Waals surface area contributed by atoms with Gasteiger partial charge in [-0.15, -0.1) is 0 Å². The molecule has 0 bridgehead atoms. The minimum absolute atomic E-state index is 0.104. The maximum Gasteiger partial charge on any atom is 0.472 e. The molecule has 19 heteroatoms. The lowest BCUT2D eigenvalue weighted by Gasteiger charge is -2.21. The van der Waals surface area contributed by atoms with Gasteiger partial charge in [-0.2, -0.15) is 0 Å². The highest BCUT2D eigenvalue weighted by molar-refractivity contribution is 7.47. The molecule has 3 N–H and O–H groups in total. The molecule has 0 aromatic rings. The molecule has 0 aliphatic rings. The fourth-order valence-electron chi connectivity index (χ4n) is 11.5. The first-order chi connectivity index (χ1) is 45.6. The van der Waals surface area contributed by atoms with Gasteiger partial charge in [0.2, 0.25) is 0 Å². The molecule has 0 spiro atoms. The minimum Gasteiger partial charge on any atom is -0.462 e. The number of aliphatic hydroxyl groups is 1. The first kappa shape index (κ1) is 93.1. The first-order valence-electron chi connectivity index (χ1n) is 39.2. The topological polar surface area (TPSA) is 237 Å². The smallest absolute Gasteiger partial charge is 0.462 e. The molecule has 0 saturated carbocycles. The van der Waals surface area contributed by atoms with Crippen molar-refractivity contribution in [3.63, 3.8) is 0 Å². The summed E-state index contributed by atoms with van der Waals surface area (Å²) in [6, 6.07) is 0. The number of aliphatic hydroxyl groups excluding tert-OH is 1. The van der Waals surface area contributed by atoms with Crippen LogP contribution in [0.25, 0.3) is 0 Å². The van der Waals surface area contributed by atoms with Crippen LogP contribution in [-0.4, -0.2) is 96.7 Å². The van der Waals surface area contributed by atoms with Gasteiger partial charge in [-0.05, 0) is 49.4 Å². The molecule has 17 nitrogen and oxygen atoms in total. The molecule has 0 aromatic carbocycles. The van der Waals surface area contributed by atoms with Gasteiger partial charge in [-0.3, -0.25) is 37.3 Å². The Kier molecular flexibility index (Phi) is 64.0. The van der Waals surface area contributed by atoms with Gasteiger partial charge in [0.25, 0.3) is 0 Å². The molecule has 0 aliphatic carbocycles. The molecule has 0 fully saturated rings. The van der Waals surface area contributed by atoms with Gasteiger partial charge in [0.15, 0.2) is 12.2 Å². The number of unbranched alkanes of at least 4 members (excludes halogenated alkanes) is 38. The van der Waals surface area contributed by atoms with Crippen LogP contribution in [0, 0.1) is 23.7 Å². The van der Waals surface area contributed by atoms with Crippen LogP contribution in [0.5, 0.6) is 0 Å². The molecule has 3 unspecified atom stereocenters. The maximum atomic E-state index is 13.1. The Balaban J connectivity index is 5.25. The van der Waals surface area contributed by atoms with Crippen LogP contribution in [0.4, 0.5) is 0 Å².